The lowest BCUT2D eigenvalue weighted by Gasteiger charge is -2.15. The van der Waals surface area contributed by atoms with E-state index in [0.29, 0.717) is 17.1 Å². The van der Waals surface area contributed by atoms with Crippen LogP contribution in [0.2, 0.25) is 5.02 Å². The van der Waals surface area contributed by atoms with E-state index in [1.165, 1.54) is 21.3 Å². The van der Waals surface area contributed by atoms with E-state index in [1.807, 2.05) is 0 Å². The number of carbonyl (C=O) groups excluding carboxylic acids is 1. The molecule has 0 aliphatic heterocycles. The molecule has 1 atom stereocenters. The van der Waals surface area contributed by atoms with Crippen molar-refractivity contribution in [1.29, 1.82) is 0 Å². The number of benzene rings is 1. The lowest BCUT2D eigenvalue weighted by Crippen LogP contribution is -2.23. The number of ether oxygens (including phenoxy) is 3. The maximum absolute atomic E-state index is 11.3. The number of rotatable bonds is 4. The number of hydrogen-bond acceptors (Lipinski definition) is 5. The van der Waals surface area contributed by atoms with Crippen molar-refractivity contribution < 1.29 is 19.0 Å². The number of nitrogens with two attached hydrogens (primary N) is 1. The highest BCUT2D eigenvalue weighted by molar-refractivity contribution is 6.33. The molecule has 0 saturated carbocycles. The third-order valence-corrected chi connectivity index (χ3v) is 2.69. The van der Waals surface area contributed by atoms with E-state index in [-0.39, 0.29) is 5.02 Å². The summed E-state index contributed by atoms with van der Waals surface area (Å²) in [4.78, 5) is 11.3. The van der Waals surface area contributed by atoms with Crippen LogP contribution in [0.15, 0.2) is 12.1 Å². The Hall–Kier alpha value is -1.46. The second-order valence-electron chi connectivity index (χ2n) is 3.21. The maximum atomic E-state index is 11.3. The summed E-state index contributed by atoms with van der Waals surface area (Å²) in [5.74, 6) is 0.239. The SMILES string of the molecule is COC(=O)[C@@H](N)c1ccc(OC)c(OC)c1Cl. The van der Waals surface area contributed by atoms with Gasteiger partial charge in [0.15, 0.2) is 11.5 Å². The van der Waals surface area contributed by atoms with Gasteiger partial charge in [0.2, 0.25) is 0 Å². The van der Waals surface area contributed by atoms with Gasteiger partial charge in [-0.05, 0) is 6.07 Å². The van der Waals surface area contributed by atoms with Crippen LogP contribution in [0.4, 0.5) is 0 Å². The summed E-state index contributed by atoms with van der Waals surface area (Å²) in [7, 11) is 4.21. The van der Waals surface area contributed by atoms with Crippen LogP contribution >= 0.6 is 11.6 Å². The summed E-state index contributed by atoms with van der Waals surface area (Å²) in [6.45, 7) is 0. The van der Waals surface area contributed by atoms with Crippen molar-refractivity contribution in [1.82, 2.24) is 0 Å². The molecule has 1 rings (SSSR count). The zero-order valence-electron chi connectivity index (χ0n) is 9.82. The van der Waals surface area contributed by atoms with Gasteiger partial charge in [0, 0.05) is 5.56 Å². The zero-order chi connectivity index (χ0) is 13.0. The molecule has 0 aromatic heterocycles. The molecule has 1 aromatic rings. The monoisotopic (exact) mass is 259 g/mol. The molecule has 0 spiro atoms. The van der Waals surface area contributed by atoms with E-state index in [4.69, 9.17) is 26.8 Å². The minimum atomic E-state index is -0.952. The first kappa shape index (κ1) is 13.6. The van der Waals surface area contributed by atoms with Crippen LogP contribution < -0.4 is 15.2 Å². The first-order valence-corrected chi connectivity index (χ1v) is 5.18. The number of hydrogen-bond donors (Lipinski definition) is 1. The number of halogens is 1. The van der Waals surface area contributed by atoms with Gasteiger partial charge in [0.05, 0.1) is 26.4 Å². The number of methoxy groups -OCH3 is 3. The summed E-state index contributed by atoms with van der Waals surface area (Å²) in [6, 6.07) is 2.28. The first-order chi connectivity index (χ1) is 8.06. The van der Waals surface area contributed by atoms with E-state index in [9.17, 15) is 4.79 Å². The minimum Gasteiger partial charge on any atom is -0.493 e. The summed E-state index contributed by atoms with van der Waals surface area (Å²) in [5.41, 5.74) is 6.14. The fraction of sp³-hybridized carbons (Fsp3) is 0.364. The molecule has 2 N–H and O–H groups in total. The van der Waals surface area contributed by atoms with Gasteiger partial charge in [-0.2, -0.15) is 0 Å². The Kier molecular flexibility index (Phi) is 4.60. The molecule has 0 bridgehead atoms. The van der Waals surface area contributed by atoms with Gasteiger partial charge in [0.25, 0.3) is 0 Å². The topological polar surface area (TPSA) is 70.8 Å². The van der Waals surface area contributed by atoms with Crippen molar-refractivity contribution in [3.8, 4) is 11.5 Å². The predicted octanol–water partition coefficient (Wildman–Crippen LogP) is 1.53. The fourth-order valence-corrected chi connectivity index (χ4v) is 1.75. The van der Waals surface area contributed by atoms with Crippen molar-refractivity contribution >= 4 is 17.6 Å². The Morgan fingerprint density at radius 1 is 1.29 bits per heavy atom. The smallest absolute Gasteiger partial charge is 0.327 e. The van der Waals surface area contributed by atoms with Gasteiger partial charge >= 0.3 is 5.97 Å². The first-order valence-electron chi connectivity index (χ1n) is 4.80. The minimum absolute atomic E-state index is 0.241. The number of esters is 1. The summed E-state index contributed by atoms with van der Waals surface area (Å²) >= 11 is 6.10. The van der Waals surface area contributed by atoms with Crippen LogP contribution in [0, 0.1) is 0 Å². The molecule has 0 fully saturated rings. The zero-order valence-corrected chi connectivity index (χ0v) is 10.6. The van der Waals surface area contributed by atoms with Crippen LogP contribution in [0.5, 0.6) is 11.5 Å². The summed E-state index contributed by atoms with van der Waals surface area (Å²) in [6.07, 6.45) is 0. The number of carbonyl (C=O) groups is 1. The third kappa shape index (κ3) is 2.62. The van der Waals surface area contributed by atoms with Crippen LogP contribution in [0.1, 0.15) is 11.6 Å². The van der Waals surface area contributed by atoms with E-state index in [0.717, 1.165) is 0 Å². The van der Waals surface area contributed by atoms with Crippen molar-refractivity contribution in [3.63, 3.8) is 0 Å². The molecule has 0 radical (unpaired) electrons. The van der Waals surface area contributed by atoms with E-state index >= 15 is 0 Å². The van der Waals surface area contributed by atoms with Gasteiger partial charge in [0.1, 0.15) is 6.04 Å². The van der Waals surface area contributed by atoms with Crippen LogP contribution in [-0.4, -0.2) is 27.3 Å². The highest BCUT2D eigenvalue weighted by atomic mass is 35.5. The van der Waals surface area contributed by atoms with Crippen molar-refractivity contribution in [2.45, 2.75) is 6.04 Å². The van der Waals surface area contributed by atoms with E-state index in [1.54, 1.807) is 12.1 Å². The molecular formula is C11H14ClNO4. The van der Waals surface area contributed by atoms with Crippen molar-refractivity contribution in [2.24, 2.45) is 5.73 Å². The Morgan fingerprint density at radius 3 is 2.41 bits per heavy atom. The summed E-state index contributed by atoms with van der Waals surface area (Å²) in [5, 5.41) is 0.241. The molecule has 0 heterocycles. The molecule has 0 unspecified atom stereocenters. The molecule has 1 aromatic carbocycles. The van der Waals surface area contributed by atoms with Gasteiger partial charge in [-0.15, -0.1) is 0 Å². The Morgan fingerprint density at radius 2 is 1.94 bits per heavy atom. The molecule has 17 heavy (non-hydrogen) atoms. The molecule has 0 aliphatic carbocycles. The van der Waals surface area contributed by atoms with Crippen LogP contribution in [0.25, 0.3) is 0 Å². The van der Waals surface area contributed by atoms with Gasteiger partial charge in [-0.3, -0.25) is 4.79 Å². The predicted molar refractivity (Wildman–Crippen MR) is 63.5 cm³/mol. The van der Waals surface area contributed by atoms with E-state index < -0.39 is 12.0 Å². The highest BCUT2D eigenvalue weighted by Gasteiger charge is 2.23. The van der Waals surface area contributed by atoms with Gasteiger partial charge in [-0.1, -0.05) is 17.7 Å². The normalized spacial score (nSPS) is 11.8. The second-order valence-corrected chi connectivity index (χ2v) is 3.58. The second kappa shape index (κ2) is 5.75. The summed E-state index contributed by atoms with van der Waals surface area (Å²) < 4.78 is 14.7. The lowest BCUT2D eigenvalue weighted by molar-refractivity contribution is -0.142. The fourth-order valence-electron chi connectivity index (χ4n) is 1.40. The molecule has 0 saturated heterocycles. The maximum Gasteiger partial charge on any atom is 0.327 e. The van der Waals surface area contributed by atoms with Crippen molar-refractivity contribution in [3.05, 3.63) is 22.7 Å². The van der Waals surface area contributed by atoms with Crippen LogP contribution in [0.3, 0.4) is 0 Å². The quantitative estimate of drug-likeness (QED) is 0.831. The average molecular weight is 260 g/mol. The molecule has 0 aliphatic rings. The molecule has 5 nitrogen and oxygen atoms in total. The molecule has 0 amide bonds. The standard InChI is InChI=1S/C11H14ClNO4/c1-15-7-5-4-6(8(12)10(7)16-2)9(13)11(14)17-3/h4-5,9H,13H2,1-3H3/t9-/m0/s1. The largest absolute Gasteiger partial charge is 0.493 e. The van der Waals surface area contributed by atoms with E-state index in [2.05, 4.69) is 4.74 Å². The van der Waals surface area contributed by atoms with Crippen LogP contribution in [-0.2, 0) is 9.53 Å². The molecule has 94 valence electrons. The molecule has 6 heteroatoms. The lowest BCUT2D eigenvalue weighted by atomic mass is 10.1. The Labute approximate surface area is 104 Å². The van der Waals surface area contributed by atoms with Gasteiger partial charge < -0.3 is 19.9 Å². The Balaban J connectivity index is 3.23. The highest BCUT2D eigenvalue weighted by Crippen LogP contribution is 2.39. The molecular weight excluding hydrogens is 246 g/mol. The average Bonchev–Trinajstić information content (AvgIpc) is 2.36. The van der Waals surface area contributed by atoms with Gasteiger partial charge in [-0.25, -0.2) is 0 Å². The van der Waals surface area contributed by atoms with Crippen molar-refractivity contribution in [2.75, 3.05) is 21.3 Å². The Bertz CT molecular complexity index is 422. The third-order valence-electron chi connectivity index (χ3n) is 2.31.